The molecule has 5 aromatic carbocycles. The fourth-order valence-corrected chi connectivity index (χ4v) is 13.0. The number of hydrogen-bond acceptors (Lipinski definition) is 3. The first-order valence-corrected chi connectivity index (χ1v) is 24.2. The molecule has 4 heteroatoms. The summed E-state index contributed by atoms with van der Waals surface area (Å²) in [6.07, 6.45) is 6.58. The van der Waals surface area contributed by atoms with Crippen LogP contribution >= 0.6 is 11.3 Å². The lowest BCUT2D eigenvalue weighted by Gasteiger charge is -2.45. The molecular formula is C57H67BN2S. The van der Waals surface area contributed by atoms with Crippen molar-refractivity contribution in [2.75, 3.05) is 9.80 Å². The second kappa shape index (κ2) is 13.6. The minimum Gasteiger partial charge on any atom is -0.311 e. The molecule has 2 bridgehead atoms. The first-order chi connectivity index (χ1) is 28.6. The average molecular weight is 823 g/mol. The number of nitrogens with zero attached hydrogens (tertiary/aromatic N) is 2. The summed E-state index contributed by atoms with van der Waals surface area (Å²) < 4.78 is 2.83. The predicted molar refractivity (Wildman–Crippen MR) is 268 cm³/mol. The van der Waals surface area contributed by atoms with Gasteiger partial charge in [0.2, 0.25) is 0 Å². The number of thiophene rings is 1. The molecule has 6 aromatic rings. The molecule has 0 radical (unpaired) electrons. The highest BCUT2D eigenvalue weighted by Gasteiger charge is 2.50. The lowest BCUT2D eigenvalue weighted by molar-refractivity contribution is 0.298. The Morgan fingerprint density at radius 1 is 0.574 bits per heavy atom. The number of anilines is 6. The van der Waals surface area contributed by atoms with E-state index in [4.69, 9.17) is 0 Å². The van der Waals surface area contributed by atoms with Gasteiger partial charge in [0.1, 0.15) is 0 Å². The zero-order valence-corrected chi connectivity index (χ0v) is 40.1. The summed E-state index contributed by atoms with van der Waals surface area (Å²) in [4.78, 5) is 5.39. The first-order valence-electron chi connectivity index (χ1n) is 23.3. The van der Waals surface area contributed by atoms with Crippen LogP contribution in [-0.2, 0) is 27.1 Å². The molecule has 2 saturated carbocycles. The van der Waals surface area contributed by atoms with Crippen molar-refractivity contribution in [3.63, 3.8) is 0 Å². The molecule has 10 rings (SSSR count). The summed E-state index contributed by atoms with van der Waals surface area (Å²) >= 11 is 2.03. The number of rotatable bonds is 3. The van der Waals surface area contributed by atoms with E-state index in [1.54, 1.807) is 5.56 Å². The van der Waals surface area contributed by atoms with Crippen molar-refractivity contribution in [2.24, 2.45) is 11.8 Å². The molecule has 3 atom stereocenters. The summed E-state index contributed by atoms with van der Waals surface area (Å²) in [7, 11) is 0. The largest absolute Gasteiger partial charge is 0.311 e. The van der Waals surface area contributed by atoms with Gasteiger partial charge in [0.15, 0.2) is 0 Å². The molecule has 3 unspecified atom stereocenters. The summed E-state index contributed by atoms with van der Waals surface area (Å²) in [6, 6.07) is 39.4. The lowest BCUT2D eigenvalue weighted by atomic mass is 9.36. The minimum absolute atomic E-state index is 0.0110. The number of hydrogen-bond donors (Lipinski definition) is 0. The van der Waals surface area contributed by atoms with E-state index < -0.39 is 0 Å². The maximum absolute atomic E-state index is 2.72. The van der Waals surface area contributed by atoms with Crippen LogP contribution in [0.5, 0.6) is 0 Å². The molecule has 314 valence electrons. The molecule has 61 heavy (non-hydrogen) atoms. The van der Waals surface area contributed by atoms with E-state index in [0.717, 1.165) is 11.8 Å². The first kappa shape index (κ1) is 40.8. The Hall–Kier alpha value is -4.28. The molecule has 2 nitrogen and oxygen atoms in total. The normalized spacial score (nSPS) is 21.2. The van der Waals surface area contributed by atoms with Gasteiger partial charge in [-0.15, -0.1) is 11.3 Å². The smallest absolute Gasteiger partial charge is 0.264 e. The third-order valence-electron chi connectivity index (χ3n) is 15.4. The van der Waals surface area contributed by atoms with Crippen molar-refractivity contribution in [1.29, 1.82) is 0 Å². The van der Waals surface area contributed by atoms with E-state index in [-0.39, 0.29) is 33.8 Å². The Kier molecular flexibility index (Phi) is 9.10. The van der Waals surface area contributed by atoms with Crippen molar-refractivity contribution in [1.82, 2.24) is 0 Å². The van der Waals surface area contributed by atoms with E-state index in [2.05, 4.69) is 197 Å². The second-order valence-electron chi connectivity index (χ2n) is 23.7. The van der Waals surface area contributed by atoms with Crippen LogP contribution in [-0.4, -0.2) is 6.71 Å². The van der Waals surface area contributed by atoms with Gasteiger partial charge in [-0.2, -0.15) is 0 Å². The van der Waals surface area contributed by atoms with Crippen LogP contribution in [0.4, 0.5) is 34.1 Å². The van der Waals surface area contributed by atoms with Gasteiger partial charge in [-0.25, -0.2) is 0 Å². The van der Waals surface area contributed by atoms with Crippen LogP contribution in [0.15, 0.2) is 97.1 Å². The van der Waals surface area contributed by atoms with Gasteiger partial charge in [-0.05, 0) is 152 Å². The topological polar surface area (TPSA) is 6.48 Å². The van der Waals surface area contributed by atoms with E-state index in [0.29, 0.717) is 0 Å². The van der Waals surface area contributed by atoms with Crippen LogP contribution < -0.4 is 25.5 Å². The van der Waals surface area contributed by atoms with Crippen LogP contribution in [0, 0.1) is 11.8 Å². The Labute approximate surface area is 371 Å². The highest BCUT2D eigenvalue weighted by Crippen LogP contribution is 2.58. The molecule has 4 aliphatic rings. The number of benzene rings is 5. The Morgan fingerprint density at radius 2 is 1.10 bits per heavy atom. The standard InChI is InChI=1S/C57H67BN2S/c1-35-33-57(28-14-15-36(35)34-57)41-31-47-50-48(32-41)60(43-24-18-38(19-25-43)54(5,6)7)51-44-29-39(55(8,9)10)21-27-49(44)61-52(51)58(50)45-30-40(56(11,12)13)20-26-46(45)59(47)42-22-16-37(17-23-42)53(2,3)4/h16-27,29-32,35-36H,14-15,28,33-34H2,1-13H3. The monoisotopic (exact) mass is 823 g/mol. The van der Waals surface area contributed by atoms with Crippen molar-refractivity contribution >= 4 is 78.0 Å². The van der Waals surface area contributed by atoms with Gasteiger partial charge in [0, 0.05) is 43.3 Å². The molecule has 2 aliphatic heterocycles. The Morgan fingerprint density at radius 3 is 1.69 bits per heavy atom. The van der Waals surface area contributed by atoms with E-state index in [1.165, 1.54) is 114 Å². The van der Waals surface area contributed by atoms with E-state index >= 15 is 0 Å². The van der Waals surface area contributed by atoms with E-state index in [9.17, 15) is 0 Å². The third kappa shape index (κ3) is 6.55. The highest BCUT2D eigenvalue weighted by molar-refractivity contribution is 7.33. The maximum atomic E-state index is 2.72. The molecule has 3 heterocycles. The molecular weight excluding hydrogens is 756 g/mol. The summed E-state index contributed by atoms with van der Waals surface area (Å²) in [5.74, 6) is 1.57. The molecule has 0 amide bonds. The fourth-order valence-electron chi connectivity index (χ4n) is 11.7. The molecule has 0 saturated heterocycles. The van der Waals surface area contributed by atoms with E-state index in [1.807, 2.05) is 11.3 Å². The van der Waals surface area contributed by atoms with Gasteiger partial charge < -0.3 is 9.80 Å². The van der Waals surface area contributed by atoms with Crippen molar-refractivity contribution in [3.05, 3.63) is 125 Å². The number of fused-ring (bicyclic) bond motifs is 8. The van der Waals surface area contributed by atoms with Crippen LogP contribution in [0.2, 0.25) is 0 Å². The average Bonchev–Trinajstić information content (AvgIpc) is 3.68. The summed E-state index contributed by atoms with van der Waals surface area (Å²) in [5.41, 5.74) is 18.2. The highest BCUT2D eigenvalue weighted by atomic mass is 32.1. The van der Waals surface area contributed by atoms with Crippen LogP contribution in [0.25, 0.3) is 10.1 Å². The molecule has 0 N–H and O–H groups in total. The van der Waals surface area contributed by atoms with Crippen LogP contribution in [0.3, 0.4) is 0 Å². The van der Waals surface area contributed by atoms with Crippen molar-refractivity contribution in [2.45, 2.75) is 149 Å². The van der Waals surface area contributed by atoms with Gasteiger partial charge in [0.05, 0.1) is 5.69 Å². The molecule has 2 aliphatic carbocycles. The summed E-state index contributed by atoms with van der Waals surface area (Å²) in [5, 5.41) is 1.38. The van der Waals surface area contributed by atoms with Gasteiger partial charge in [-0.3, -0.25) is 0 Å². The van der Waals surface area contributed by atoms with Gasteiger partial charge in [0.25, 0.3) is 6.71 Å². The zero-order chi connectivity index (χ0) is 43.2. The maximum Gasteiger partial charge on any atom is 0.264 e. The van der Waals surface area contributed by atoms with Crippen LogP contribution in [0.1, 0.15) is 150 Å². The quantitative estimate of drug-likeness (QED) is 0.164. The second-order valence-corrected chi connectivity index (χ2v) is 24.8. The minimum atomic E-state index is 0.0110. The Bertz CT molecular complexity index is 2690. The summed E-state index contributed by atoms with van der Waals surface area (Å²) in [6.45, 7) is 30.8. The third-order valence-corrected chi connectivity index (χ3v) is 16.6. The lowest BCUT2D eigenvalue weighted by Crippen LogP contribution is -2.60. The predicted octanol–water partition coefficient (Wildman–Crippen LogP) is 14.6. The van der Waals surface area contributed by atoms with Crippen molar-refractivity contribution < 1.29 is 0 Å². The fraction of sp³-hybridized carbons (Fsp3) is 0.439. The molecule has 0 spiro atoms. The van der Waals surface area contributed by atoms with Gasteiger partial charge >= 0.3 is 0 Å². The molecule has 1 aromatic heterocycles. The zero-order valence-electron chi connectivity index (χ0n) is 39.3. The van der Waals surface area contributed by atoms with Crippen molar-refractivity contribution in [3.8, 4) is 0 Å². The Balaban J connectivity index is 1.33. The SMILES string of the molecule is CC1CC2(c3cc4c5c(c3)N(c3ccc(C(C)(C)C)cc3)c3c(sc6ccc(C(C)(C)C)cc36)B5c3cc(C(C)(C)C)ccc3N4c3ccc(C(C)(C)C)cc3)CCCC1C2. The molecule has 2 fully saturated rings. The van der Waals surface area contributed by atoms with Gasteiger partial charge in [-0.1, -0.05) is 145 Å².